The van der Waals surface area contributed by atoms with E-state index in [1.165, 1.54) is 0 Å². The van der Waals surface area contributed by atoms with Gasteiger partial charge in [-0.1, -0.05) is 6.92 Å². The van der Waals surface area contributed by atoms with Crippen LogP contribution in [0.25, 0.3) is 0 Å². The van der Waals surface area contributed by atoms with Gasteiger partial charge in [0.25, 0.3) is 0 Å². The Morgan fingerprint density at radius 3 is 1.83 bits per heavy atom. The molecule has 0 amide bonds. The van der Waals surface area contributed by atoms with Crippen LogP contribution in [0.3, 0.4) is 0 Å². The summed E-state index contributed by atoms with van der Waals surface area (Å²) >= 11 is 0. The van der Waals surface area contributed by atoms with E-state index in [-0.39, 0.29) is 6.54 Å². The predicted molar refractivity (Wildman–Crippen MR) is 71.9 cm³/mol. The van der Waals surface area contributed by atoms with E-state index in [0.29, 0.717) is 0 Å². The van der Waals surface area contributed by atoms with Gasteiger partial charge in [0.15, 0.2) is 0 Å². The summed E-state index contributed by atoms with van der Waals surface area (Å²) < 4.78 is 0. The Morgan fingerprint density at radius 1 is 1.00 bits per heavy atom. The molecule has 1 aliphatic heterocycles. The summed E-state index contributed by atoms with van der Waals surface area (Å²) in [5, 5.41) is 15.6. The molecule has 0 spiro atoms. The minimum atomic E-state index is -0.751. The molecule has 3 N–H and O–H groups in total. The first-order valence-corrected chi connectivity index (χ1v) is 6.80. The van der Waals surface area contributed by atoms with Gasteiger partial charge in [-0.2, -0.15) is 0 Å². The maximum absolute atomic E-state index is 10.7. The van der Waals surface area contributed by atoms with E-state index >= 15 is 0 Å². The number of rotatable bonds is 3. The Hall–Kier alpha value is -0.690. The number of nitrogens with one attached hydrogen (secondary N) is 2. The molecule has 1 fully saturated rings. The van der Waals surface area contributed by atoms with E-state index < -0.39 is 5.97 Å². The van der Waals surface area contributed by atoms with Crippen LogP contribution in [0.1, 0.15) is 6.92 Å². The van der Waals surface area contributed by atoms with Crippen LogP contribution < -0.4 is 10.6 Å². The summed E-state index contributed by atoms with van der Waals surface area (Å²) in [6.45, 7) is 10.7. The molecule has 0 aliphatic carbocycles. The summed E-state index contributed by atoms with van der Waals surface area (Å²) in [7, 11) is 0. The van der Waals surface area contributed by atoms with Crippen LogP contribution in [0.4, 0.5) is 0 Å². The average Bonchev–Trinajstić information content (AvgIpc) is 2.32. The summed E-state index contributed by atoms with van der Waals surface area (Å²) in [5.74, 6) is -0.751. The summed E-state index contributed by atoms with van der Waals surface area (Å²) in [6, 6.07) is 0. The summed E-state index contributed by atoms with van der Waals surface area (Å²) in [4.78, 5) is 15.1. The van der Waals surface area contributed by atoms with Gasteiger partial charge in [-0.25, -0.2) is 0 Å². The topological polar surface area (TPSA) is 67.8 Å². The number of hydrogen-bond donors (Lipinski definition) is 3. The Morgan fingerprint density at radius 2 is 1.44 bits per heavy atom. The van der Waals surface area contributed by atoms with Crippen molar-refractivity contribution < 1.29 is 9.90 Å². The number of likely N-dealkylation sites (N-methyl/N-ethyl adjacent to an activating group) is 1. The van der Waals surface area contributed by atoms with E-state index in [9.17, 15) is 4.79 Å². The molecule has 0 atom stereocenters. The molecular formula is C12H26N4O2. The van der Waals surface area contributed by atoms with Gasteiger partial charge in [0, 0.05) is 52.4 Å². The molecule has 0 saturated carbocycles. The molecule has 0 aromatic heterocycles. The van der Waals surface area contributed by atoms with Gasteiger partial charge in [0.2, 0.25) is 0 Å². The monoisotopic (exact) mass is 258 g/mol. The fourth-order valence-electron chi connectivity index (χ4n) is 2.09. The fourth-order valence-corrected chi connectivity index (χ4v) is 2.09. The van der Waals surface area contributed by atoms with Crippen molar-refractivity contribution in [1.29, 1.82) is 0 Å². The van der Waals surface area contributed by atoms with E-state index in [4.69, 9.17) is 5.11 Å². The highest BCUT2D eigenvalue weighted by molar-refractivity contribution is 5.69. The summed E-state index contributed by atoms with van der Waals surface area (Å²) in [6.07, 6.45) is 0. The van der Waals surface area contributed by atoms with Crippen molar-refractivity contribution in [3.63, 3.8) is 0 Å². The Balaban J connectivity index is 2.33. The van der Waals surface area contributed by atoms with Gasteiger partial charge in [0.05, 0.1) is 6.54 Å². The zero-order valence-corrected chi connectivity index (χ0v) is 11.3. The zero-order chi connectivity index (χ0) is 13.2. The molecule has 1 heterocycles. The van der Waals surface area contributed by atoms with Crippen molar-refractivity contribution in [1.82, 2.24) is 20.4 Å². The molecular weight excluding hydrogens is 232 g/mol. The highest BCUT2D eigenvalue weighted by atomic mass is 16.4. The van der Waals surface area contributed by atoms with Gasteiger partial charge in [-0.3, -0.25) is 9.69 Å². The molecule has 1 rings (SSSR count). The molecule has 6 heteroatoms. The van der Waals surface area contributed by atoms with Crippen LogP contribution >= 0.6 is 0 Å². The number of carbonyl (C=O) groups is 1. The van der Waals surface area contributed by atoms with Crippen molar-refractivity contribution in [3.8, 4) is 0 Å². The van der Waals surface area contributed by atoms with Crippen LogP contribution in [-0.4, -0.2) is 86.3 Å². The molecule has 0 unspecified atom stereocenters. The Bertz CT molecular complexity index is 224. The molecule has 106 valence electrons. The molecule has 1 aliphatic rings. The number of aliphatic carboxylic acids is 1. The molecule has 6 nitrogen and oxygen atoms in total. The lowest BCUT2D eigenvalue weighted by atomic mass is 10.4. The van der Waals surface area contributed by atoms with Gasteiger partial charge in [-0.15, -0.1) is 0 Å². The number of carboxylic acids is 1. The molecule has 0 radical (unpaired) electrons. The minimum absolute atomic E-state index is 0.129. The molecule has 0 aromatic rings. The maximum Gasteiger partial charge on any atom is 0.317 e. The van der Waals surface area contributed by atoms with Crippen molar-refractivity contribution in [2.24, 2.45) is 0 Å². The maximum atomic E-state index is 10.7. The highest BCUT2D eigenvalue weighted by Crippen LogP contribution is 1.89. The van der Waals surface area contributed by atoms with Crippen molar-refractivity contribution in [2.75, 3.05) is 65.4 Å². The normalized spacial score (nSPS) is 22.1. The van der Waals surface area contributed by atoms with E-state index in [1.807, 2.05) is 4.90 Å². The second kappa shape index (κ2) is 9.27. The minimum Gasteiger partial charge on any atom is -0.480 e. The van der Waals surface area contributed by atoms with Crippen LogP contribution in [0, 0.1) is 0 Å². The third kappa shape index (κ3) is 6.90. The second-order valence-electron chi connectivity index (χ2n) is 4.60. The van der Waals surface area contributed by atoms with Crippen molar-refractivity contribution in [2.45, 2.75) is 6.92 Å². The van der Waals surface area contributed by atoms with E-state index in [0.717, 1.165) is 58.9 Å². The number of hydrogen-bond acceptors (Lipinski definition) is 5. The van der Waals surface area contributed by atoms with Gasteiger partial charge in [0.1, 0.15) is 0 Å². The largest absolute Gasteiger partial charge is 0.480 e. The zero-order valence-electron chi connectivity index (χ0n) is 11.3. The first kappa shape index (κ1) is 15.4. The third-order valence-corrected chi connectivity index (χ3v) is 3.23. The molecule has 0 aromatic carbocycles. The number of nitrogens with zero attached hydrogens (tertiary/aromatic N) is 2. The summed E-state index contributed by atoms with van der Waals surface area (Å²) in [5.41, 5.74) is 0. The first-order valence-electron chi connectivity index (χ1n) is 6.80. The van der Waals surface area contributed by atoms with Crippen molar-refractivity contribution >= 4 is 5.97 Å². The Kier molecular flexibility index (Phi) is 7.91. The lowest BCUT2D eigenvalue weighted by Crippen LogP contribution is -2.44. The quantitative estimate of drug-likeness (QED) is 0.596. The smallest absolute Gasteiger partial charge is 0.317 e. The fraction of sp³-hybridized carbons (Fsp3) is 0.917. The first-order chi connectivity index (χ1) is 8.72. The predicted octanol–water partition coefficient (Wildman–Crippen LogP) is -1.11. The number of carboxylic acid groups (broad SMARTS) is 1. The standard InChI is InChI=1S/C12H26N4O2/c1-2-15-7-3-13-5-9-16(11-12(17)18)10-6-14-4-8-15/h13-14H,2-11H2,1H3,(H,17,18). The third-order valence-electron chi connectivity index (χ3n) is 3.23. The molecule has 18 heavy (non-hydrogen) atoms. The SMILES string of the molecule is CCN1CCNCCN(CC(=O)O)CCNCC1. The van der Waals surface area contributed by atoms with Gasteiger partial charge >= 0.3 is 5.97 Å². The second-order valence-corrected chi connectivity index (χ2v) is 4.60. The van der Waals surface area contributed by atoms with Crippen molar-refractivity contribution in [3.05, 3.63) is 0 Å². The lowest BCUT2D eigenvalue weighted by molar-refractivity contribution is -0.138. The van der Waals surface area contributed by atoms with E-state index in [2.05, 4.69) is 22.5 Å². The van der Waals surface area contributed by atoms with Crippen LogP contribution in [0.2, 0.25) is 0 Å². The Labute approximate surface area is 109 Å². The van der Waals surface area contributed by atoms with Crippen LogP contribution in [0.15, 0.2) is 0 Å². The average molecular weight is 258 g/mol. The van der Waals surface area contributed by atoms with Crippen LogP contribution in [-0.2, 0) is 4.79 Å². The lowest BCUT2D eigenvalue weighted by Gasteiger charge is -2.25. The molecule has 1 saturated heterocycles. The van der Waals surface area contributed by atoms with E-state index in [1.54, 1.807) is 0 Å². The molecule has 0 bridgehead atoms. The van der Waals surface area contributed by atoms with Crippen LogP contribution in [0.5, 0.6) is 0 Å². The van der Waals surface area contributed by atoms with Gasteiger partial charge < -0.3 is 20.6 Å². The van der Waals surface area contributed by atoms with Gasteiger partial charge in [-0.05, 0) is 6.54 Å². The highest BCUT2D eigenvalue weighted by Gasteiger charge is 2.10.